The minimum Gasteiger partial charge on any atom is -0.325 e. The Morgan fingerprint density at radius 1 is 1.17 bits per heavy atom. The largest absolute Gasteiger partial charge is 0.325 e. The van der Waals surface area contributed by atoms with Gasteiger partial charge >= 0.3 is 0 Å². The molecular formula is C19H23ClN2O. The first kappa shape index (κ1) is 17.5. The molecule has 1 atom stereocenters. The third-order valence-corrected chi connectivity index (χ3v) is 4.07. The monoisotopic (exact) mass is 330 g/mol. The molecule has 3 nitrogen and oxygen atoms in total. The van der Waals surface area contributed by atoms with Crippen LogP contribution in [0.25, 0.3) is 0 Å². The SMILES string of the molecule is CCC(NCC(=O)Nc1cc(C)ccc1C)c1cccc(Cl)c1. The molecule has 23 heavy (non-hydrogen) atoms. The van der Waals surface area contributed by atoms with E-state index >= 15 is 0 Å². The van der Waals surface area contributed by atoms with Gasteiger partial charge in [-0.15, -0.1) is 0 Å². The third-order valence-electron chi connectivity index (χ3n) is 3.84. The van der Waals surface area contributed by atoms with Crippen LogP contribution in [0, 0.1) is 13.8 Å². The predicted molar refractivity (Wildman–Crippen MR) is 97.0 cm³/mol. The maximum atomic E-state index is 12.2. The highest BCUT2D eigenvalue weighted by molar-refractivity contribution is 6.30. The molecule has 1 amide bonds. The lowest BCUT2D eigenvalue weighted by molar-refractivity contribution is -0.115. The van der Waals surface area contributed by atoms with E-state index in [1.807, 2.05) is 56.3 Å². The molecule has 122 valence electrons. The van der Waals surface area contributed by atoms with Crippen molar-refractivity contribution < 1.29 is 4.79 Å². The van der Waals surface area contributed by atoms with Crippen molar-refractivity contribution in [2.45, 2.75) is 33.2 Å². The molecule has 2 aromatic carbocycles. The molecule has 0 fully saturated rings. The van der Waals surface area contributed by atoms with Gasteiger partial charge < -0.3 is 10.6 Å². The van der Waals surface area contributed by atoms with Crippen LogP contribution >= 0.6 is 11.6 Å². The van der Waals surface area contributed by atoms with Crippen LogP contribution in [0.15, 0.2) is 42.5 Å². The van der Waals surface area contributed by atoms with Gasteiger partial charge in [0.1, 0.15) is 0 Å². The number of carbonyl (C=O) groups excluding carboxylic acids is 1. The molecule has 4 heteroatoms. The average Bonchev–Trinajstić information content (AvgIpc) is 2.51. The number of anilines is 1. The zero-order chi connectivity index (χ0) is 16.8. The molecular weight excluding hydrogens is 308 g/mol. The smallest absolute Gasteiger partial charge is 0.238 e. The van der Waals surface area contributed by atoms with E-state index in [9.17, 15) is 4.79 Å². The van der Waals surface area contributed by atoms with E-state index in [0.29, 0.717) is 5.02 Å². The molecule has 0 aromatic heterocycles. The normalized spacial score (nSPS) is 12.0. The Morgan fingerprint density at radius 2 is 1.96 bits per heavy atom. The van der Waals surface area contributed by atoms with E-state index in [2.05, 4.69) is 17.6 Å². The minimum absolute atomic E-state index is 0.0424. The first-order valence-corrected chi connectivity index (χ1v) is 8.23. The second-order valence-electron chi connectivity index (χ2n) is 5.76. The molecule has 0 aliphatic carbocycles. The molecule has 2 N–H and O–H groups in total. The summed E-state index contributed by atoms with van der Waals surface area (Å²) in [6, 6.07) is 13.9. The van der Waals surface area contributed by atoms with E-state index in [-0.39, 0.29) is 18.5 Å². The molecule has 0 spiro atoms. The summed E-state index contributed by atoms with van der Waals surface area (Å²) in [5, 5.41) is 6.97. The maximum absolute atomic E-state index is 12.2. The molecule has 0 saturated heterocycles. The third kappa shape index (κ3) is 5.08. The second kappa shape index (κ2) is 8.14. The van der Waals surface area contributed by atoms with Crippen LogP contribution in [0.3, 0.4) is 0 Å². The fourth-order valence-corrected chi connectivity index (χ4v) is 2.70. The summed E-state index contributed by atoms with van der Waals surface area (Å²) in [6.45, 7) is 6.35. The topological polar surface area (TPSA) is 41.1 Å². The summed E-state index contributed by atoms with van der Waals surface area (Å²) in [7, 11) is 0. The predicted octanol–water partition coefficient (Wildman–Crippen LogP) is 4.64. The molecule has 2 aromatic rings. The maximum Gasteiger partial charge on any atom is 0.238 e. The molecule has 0 aliphatic heterocycles. The molecule has 0 aliphatic rings. The number of aryl methyl sites for hydroxylation is 2. The van der Waals surface area contributed by atoms with Gasteiger partial charge in [-0.3, -0.25) is 4.79 Å². The average molecular weight is 331 g/mol. The lowest BCUT2D eigenvalue weighted by Crippen LogP contribution is -2.31. The van der Waals surface area contributed by atoms with Gasteiger partial charge in [-0.05, 0) is 55.2 Å². The van der Waals surface area contributed by atoms with Crippen molar-refractivity contribution in [2.75, 3.05) is 11.9 Å². The molecule has 1 unspecified atom stereocenters. The van der Waals surface area contributed by atoms with Gasteiger partial charge in [0.25, 0.3) is 0 Å². The minimum atomic E-state index is -0.0424. The van der Waals surface area contributed by atoms with Crippen molar-refractivity contribution in [3.63, 3.8) is 0 Å². The highest BCUT2D eigenvalue weighted by atomic mass is 35.5. The van der Waals surface area contributed by atoms with Crippen molar-refractivity contribution >= 4 is 23.2 Å². The van der Waals surface area contributed by atoms with Crippen molar-refractivity contribution in [3.05, 3.63) is 64.2 Å². The second-order valence-corrected chi connectivity index (χ2v) is 6.20. The van der Waals surface area contributed by atoms with Gasteiger partial charge in [-0.1, -0.05) is 42.8 Å². The van der Waals surface area contributed by atoms with Crippen molar-refractivity contribution in [2.24, 2.45) is 0 Å². The molecule has 0 bridgehead atoms. The van der Waals surface area contributed by atoms with Gasteiger partial charge in [0.2, 0.25) is 5.91 Å². The summed E-state index contributed by atoms with van der Waals surface area (Å²) in [5.74, 6) is -0.0424. The van der Waals surface area contributed by atoms with Crippen LogP contribution < -0.4 is 10.6 Å². The number of benzene rings is 2. The van der Waals surface area contributed by atoms with Crippen LogP contribution in [0.2, 0.25) is 5.02 Å². The zero-order valence-corrected chi connectivity index (χ0v) is 14.6. The lowest BCUT2D eigenvalue weighted by Gasteiger charge is -2.18. The van der Waals surface area contributed by atoms with Crippen molar-refractivity contribution in [1.29, 1.82) is 0 Å². The van der Waals surface area contributed by atoms with Gasteiger partial charge in [0, 0.05) is 16.8 Å². The standard InChI is InChI=1S/C19H23ClN2O/c1-4-17(15-6-5-7-16(20)11-15)21-12-19(23)22-18-10-13(2)8-9-14(18)3/h5-11,17,21H,4,12H2,1-3H3,(H,22,23). The zero-order valence-electron chi connectivity index (χ0n) is 13.8. The summed E-state index contributed by atoms with van der Waals surface area (Å²) in [5.41, 5.74) is 4.15. The summed E-state index contributed by atoms with van der Waals surface area (Å²) in [4.78, 5) is 12.2. The number of halogens is 1. The van der Waals surface area contributed by atoms with E-state index in [0.717, 1.165) is 28.8 Å². The fourth-order valence-electron chi connectivity index (χ4n) is 2.50. The van der Waals surface area contributed by atoms with Gasteiger partial charge in [-0.25, -0.2) is 0 Å². The van der Waals surface area contributed by atoms with Gasteiger partial charge in [0.05, 0.1) is 6.54 Å². The Bertz CT molecular complexity index is 685. The summed E-state index contributed by atoms with van der Waals surface area (Å²) >= 11 is 6.04. The van der Waals surface area contributed by atoms with Crippen LogP contribution in [0.5, 0.6) is 0 Å². The summed E-state index contributed by atoms with van der Waals surface area (Å²) in [6.07, 6.45) is 0.886. The number of hydrogen-bond donors (Lipinski definition) is 2. The van der Waals surface area contributed by atoms with Crippen LogP contribution in [0.4, 0.5) is 5.69 Å². The van der Waals surface area contributed by atoms with E-state index in [4.69, 9.17) is 11.6 Å². The number of rotatable bonds is 6. The number of amides is 1. The Kier molecular flexibility index (Phi) is 6.20. The Balaban J connectivity index is 1.96. The van der Waals surface area contributed by atoms with E-state index in [1.54, 1.807) is 0 Å². The van der Waals surface area contributed by atoms with Gasteiger partial charge in [0.15, 0.2) is 0 Å². The first-order chi connectivity index (χ1) is 11.0. The van der Waals surface area contributed by atoms with E-state index < -0.39 is 0 Å². The van der Waals surface area contributed by atoms with Gasteiger partial charge in [-0.2, -0.15) is 0 Å². The number of hydrogen-bond acceptors (Lipinski definition) is 2. The Hall–Kier alpha value is -1.84. The molecule has 0 heterocycles. The number of nitrogens with one attached hydrogen (secondary N) is 2. The molecule has 2 rings (SSSR count). The van der Waals surface area contributed by atoms with Crippen molar-refractivity contribution in [1.82, 2.24) is 5.32 Å². The van der Waals surface area contributed by atoms with E-state index in [1.165, 1.54) is 0 Å². The Labute approximate surface area is 143 Å². The quantitative estimate of drug-likeness (QED) is 0.810. The van der Waals surface area contributed by atoms with Crippen LogP contribution in [-0.4, -0.2) is 12.5 Å². The number of carbonyl (C=O) groups is 1. The highest BCUT2D eigenvalue weighted by Gasteiger charge is 2.12. The summed E-state index contributed by atoms with van der Waals surface area (Å²) < 4.78 is 0. The fraction of sp³-hybridized carbons (Fsp3) is 0.316. The molecule has 0 saturated carbocycles. The van der Waals surface area contributed by atoms with Crippen molar-refractivity contribution in [3.8, 4) is 0 Å². The lowest BCUT2D eigenvalue weighted by atomic mass is 10.0. The highest BCUT2D eigenvalue weighted by Crippen LogP contribution is 2.20. The van der Waals surface area contributed by atoms with Crippen LogP contribution in [-0.2, 0) is 4.79 Å². The van der Waals surface area contributed by atoms with Crippen LogP contribution in [0.1, 0.15) is 36.1 Å². The Morgan fingerprint density at radius 3 is 2.65 bits per heavy atom. The first-order valence-electron chi connectivity index (χ1n) is 7.85. The molecule has 0 radical (unpaired) electrons.